The van der Waals surface area contributed by atoms with Crippen LogP contribution in [-0.2, 0) is 12.8 Å². The number of nitriles is 1. The lowest BCUT2D eigenvalue weighted by Crippen LogP contribution is -2.35. The molecule has 0 radical (unpaired) electrons. The zero-order valence-electron chi connectivity index (χ0n) is 11.7. The normalized spacial score (nSPS) is 13.4. The van der Waals surface area contributed by atoms with Crippen LogP contribution in [0.4, 0.5) is 5.69 Å². The molecule has 0 saturated carbocycles. The quantitative estimate of drug-likeness (QED) is 0.844. The van der Waals surface area contributed by atoms with Gasteiger partial charge >= 0.3 is 0 Å². The summed E-state index contributed by atoms with van der Waals surface area (Å²) in [4.78, 5) is 14.6. The minimum absolute atomic E-state index is 0.0330. The number of rotatable bonds is 2. The summed E-state index contributed by atoms with van der Waals surface area (Å²) in [5.41, 5.74) is 3.87. The second-order valence-electron chi connectivity index (χ2n) is 5.22. The average molecular weight is 276 g/mol. The van der Waals surface area contributed by atoms with Gasteiger partial charge in [-0.15, -0.1) is 0 Å². The van der Waals surface area contributed by atoms with Crippen molar-refractivity contribution in [2.45, 2.75) is 19.3 Å². The van der Waals surface area contributed by atoms with Crippen LogP contribution in [0.25, 0.3) is 0 Å². The summed E-state index contributed by atoms with van der Waals surface area (Å²) in [6.07, 6.45) is 2.40. The fourth-order valence-corrected chi connectivity index (χ4v) is 2.76. The Morgan fingerprint density at radius 2 is 1.90 bits per heavy atom. The molecule has 3 rings (SSSR count). The lowest BCUT2D eigenvalue weighted by Gasteiger charge is -2.29. The largest absolute Gasteiger partial charge is 0.308 e. The zero-order chi connectivity index (χ0) is 14.7. The monoisotopic (exact) mass is 276 g/mol. The summed E-state index contributed by atoms with van der Waals surface area (Å²) in [5.74, 6) is 0.0330. The van der Waals surface area contributed by atoms with Gasteiger partial charge in [0.05, 0.1) is 12.5 Å². The van der Waals surface area contributed by atoms with Crippen LogP contribution < -0.4 is 4.90 Å². The van der Waals surface area contributed by atoms with Crippen molar-refractivity contribution in [1.82, 2.24) is 0 Å². The van der Waals surface area contributed by atoms with Gasteiger partial charge in [0.15, 0.2) is 0 Å². The van der Waals surface area contributed by atoms with Gasteiger partial charge in [0.2, 0.25) is 0 Å². The number of fused-ring (bicyclic) bond motifs is 1. The molecule has 0 aliphatic carbocycles. The molecule has 0 saturated heterocycles. The average Bonchev–Trinajstić information content (AvgIpc) is 2.55. The van der Waals surface area contributed by atoms with Gasteiger partial charge < -0.3 is 4.90 Å². The molecule has 2 aromatic carbocycles. The molecule has 21 heavy (non-hydrogen) atoms. The van der Waals surface area contributed by atoms with E-state index in [0.29, 0.717) is 12.0 Å². The number of carbonyl (C=O) groups is 1. The maximum atomic E-state index is 12.7. The summed E-state index contributed by atoms with van der Waals surface area (Å²) in [5, 5.41) is 8.69. The van der Waals surface area contributed by atoms with Gasteiger partial charge in [-0.05, 0) is 42.2 Å². The van der Waals surface area contributed by atoms with E-state index < -0.39 is 0 Å². The predicted molar refractivity (Wildman–Crippen MR) is 82.2 cm³/mol. The molecule has 0 unspecified atom stereocenters. The van der Waals surface area contributed by atoms with E-state index in [-0.39, 0.29) is 5.91 Å². The van der Waals surface area contributed by atoms with E-state index in [1.165, 1.54) is 5.56 Å². The van der Waals surface area contributed by atoms with Crippen molar-refractivity contribution < 1.29 is 4.79 Å². The van der Waals surface area contributed by atoms with Crippen molar-refractivity contribution in [2.24, 2.45) is 0 Å². The van der Waals surface area contributed by atoms with Crippen LogP contribution in [0.3, 0.4) is 0 Å². The Morgan fingerprint density at radius 3 is 2.67 bits per heavy atom. The fourth-order valence-electron chi connectivity index (χ4n) is 2.76. The minimum atomic E-state index is 0.0330. The summed E-state index contributed by atoms with van der Waals surface area (Å²) in [6, 6.07) is 17.5. The van der Waals surface area contributed by atoms with E-state index in [4.69, 9.17) is 5.26 Å². The van der Waals surface area contributed by atoms with Crippen molar-refractivity contribution in [3.63, 3.8) is 0 Å². The van der Waals surface area contributed by atoms with Crippen LogP contribution in [0, 0.1) is 11.3 Å². The van der Waals surface area contributed by atoms with Gasteiger partial charge in [0.25, 0.3) is 5.91 Å². The van der Waals surface area contributed by atoms with E-state index in [1.807, 2.05) is 47.4 Å². The third-order valence-corrected chi connectivity index (χ3v) is 3.84. The van der Waals surface area contributed by atoms with E-state index in [0.717, 1.165) is 30.6 Å². The standard InChI is InChI=1S/C18H16N2O/c19-12-11-14-7-9-16(10-8-14)18(21)20-13-3-5-15-4-1-2-6-17(15)20/h1-2,4,6-10H,3,5,11,13H2. The lowest BCUT2D eigenvalue weighted by molar-refractivity contribution is 0.0985. The second-order valence-corrected chi connectivity index (χ2v) is 5.22. The number of anilines is 1. The van der Waals surface area contributed by atoms with Gasteiger partial charge in [-0.25, -0.2) is 0 Å². The molecule has 1 aliphatic heterocycles. The molecule has 2 aromatic rings. The van der Waals surface area contributed by atoms with Gasteiger partial charge in [-0.3, -0.25) is 4.79 Å². The van der Waals surface area contributed by atoms with Crippen LogP contribution in [0.15, 0.2) is 48.5 Å². The van der Waals surface area contributed by atoms with Crippen molar-refractivity contribution in [3.8, 4) is 6.07 Å². The summed E-state index contributed by atoms with van der Waals surface area (Å²) < 4.78 is 0. The molecular weight excluding hydrogens is 260 g/mol. The number of nitrogens with zero attached hydrogens (tertiary/aromatic N) is 2. The Morgan fingerprint density at radius 1 is 1.14 bits per heavy atom. The van der Waals surface area contributed by atoms with Gasteiger partial charge in [-0.2, -0.15) is 5.26 Å². The molecule has 0 atom stereocenters. The van der Waals surface area contributed by atoms with Crippen molar-refractivity contribution >= 4 is 11.6 Å². The number of amides is 1. The predicted octanol–water partition coefficient (Wildman–Crippen LogP) is 3.35. The number of benzene rings is 2. The Balaban J connectivity index is 1.88. The van der Waals surface area contributed by atoms with Gasteiger partial charge in [0.1, 0.15) is 0 Å². The second kappa shape index (κ2) is 5.80. The Bertz CT molecular complexity index is 698. The van der Waals surface area contributed by atoms with Crippen LogP contribution in [-0.4, -0.2) is 12.5 Å². The number of hydrogen-bond acceptors (Lipinski definition) is 2. The molecule has 1 heterocycles. The Kier molecular flexibility index (Phi) is 3.70. The highest BCUT2D eigenvalue weighted by atomic mass is 16.2. The molecule has 3 nitrogen and oxygen atoms in total. The molecule has 104 valence electrons. The summed E-state index contributed by atoms with van der Waals surface area (Å²) in [7, 11) is 0. The Labute approximate surface area is 124 Å². The van der Waals surface area contributed by atoms with Gasteiger partial charge in [0, 0.05) is 17.8 Å². The van der Waals surface area contributed by atoms with E-state index in [1.54, 1.807) is 0 Å². The topological polar surface area (TPSA) is 44.1 Å². The molecule has 1 aliphatic rings. The highest BCUT2D eigenvalue weighted by Crippen LogP contribution is 2.28. The zero-order valence-corrected chi connectivity index (χ0v) is 11.7. The fraction of sp³-hybridized carbons (Fsp3) is 0.222. The minimum Gasteiger partial charge on any atom is -0.308 e. The molecule has 3 heteroatoms. The first-order chi connectivity index (χ1) is 10.3. The lowest BCUT2D eigenvalue weighted by atomic mass is 10.0. The van der Waals surface area contributed by atoms with Crippen LogP contribution in [0.5, 0.6) is 0 Å². The van der Waals surface area contributed by atoms with Crippen molar-refractivity contribution in [1.29, 1.82) is 5.26 Å². The Hall–Kier alpha value is -2.60. The van der Waals surface area contributed by atoms with Crippen molar-refractivity contribution in [2.75, 3.05) is 11.4 Å². The molecule has 0 spiro atoms. The third kappa shape index (κ3) is 2.66. The molecule has 0 aromatic heterocycles. The number of hydrogen-bond donors (Lipinski definition) is 0. The maximum absolute atomic E-state index is 12.7. The molecular formula is C18H16N2O. The van der Waals surface area contributed by atoms with E-state index in [2.05, 4.69) is 12.1 Å². The first kappa shape index (κ1) is 13.4. The summed E-state index contributed by atoms with van der Waals surface area (Å²) >= 11 is 0. The molecule has 0 N–H and O–H groups in total. The molecule has 0 bridgehead atoms. The smallest absolute Gasteiger partial charge is 0.258 e. The van der Waals surface area contributed by atoms with Crippen LogP contribution in [0.1, 0.15) is 27.9 Å². The van der Waals surface area contributed by atoms with E-state index >= 15 is 0 Å². The third-order valence-electron chi connectivity index (χ3n) is 3.84. The van der Waals surface area contributed by atoms with Crippen LogP contribution in [0.2, 0.25) is 0 Å². The SMILES string of the molecule is N#CCc1ccc(C(=O)N2CCCc3ccccc32)cc1. The summed E-state index contributed by atoms with van der Waals surface area (Å²) in [6.45, 7) is 0.760. The number of para-hydroxylation sites is 1. The molecule has 1 amide bonds. The van der Waals surface area contributed by atoms with Crippen LogP contribution >= 0.6 is 0 Å². The highest BCUT2D eigenvalue weighted by molar-refractivity contribution is 6.06. The van der Waals surface area contributed by atoms with Crippen molar-refractivity contribution in [3.05, 3.63) is 65.2 Å². The first-order valence-corrected chi connectivity index (χ1v) is 7.15. The van der Waals surface area contributed by atoms with E-state index in [9.17, 15) is 4.79 Å². The van der Waals surface area contributed by atoms with Gasteiger partial charge in [-0.1, -0.05) is 30.3 Å². The molecule has 0 fully saturated rings. The maximum Gasteiger partial charge on any atom is 0.258 e. The number of aryl methyl sites for hydroxylation is 1. The highest BCUT2D eigenvalue weighted by Gasteiger charge is 2.22. The number of carbonyl (C=O) groups excluding carboxylic acids is 1. The first-order valence-electron chi connectivity index (χ1n) is 7.15.